The Morgan fingerprint density at radius 3 is 2.74 bits per heavy atom. The van der Waals surface area contributed by atoms with Crippen LogP contribution in [0.25, 0.3) is 11.4 Å². The quantitative estimate of drug-likeness (QED) is 0.889. The SMILES string of the molecule is NC(CO)c1nc(-c2cccc(C(F)(F)F)c2)no1. The first-order valence-corrected chi connectivity index (χ1v) is 5.29. The van der Waals surface area contributed by atoms with Crippen LogP contribution in [0.2, 0.25) is 0 Å². The van der Waals surface area contributed by atoms with Crippen molar-refractivity contribution in [1.82, 2.24) is 10.1 Å². The lowest BCUT2D eigenvalue weighted by atomic mass is 10.1. The van der Waals surface area contributed by atoms with Crippen molar-refractivity contribution in [1.29, 1.82) is 0 Å². The van der Waals surface area contributed by atoms with Crippen molar-refractivity contribution in [3.8, 4) is 11.4 Å². The third-order valence-corrected chi connectivity index (χ3v) is 2.40. The van der Waals surface area contributed by atoms with Crippen LogP contribution in [-0.2, 0) is 6.18 Å². The van der Waals surface area contributed by atoms with Crippen molar-refractivity contribution >= 4 is 0 Å². The molecular formula is C11H10F3N3O2. The van der Waals surface area contributed by atoms with Crippen LogP contribution in [-0.4, -0.2) is 21.9 Å². The van der Waals surface area contributed by atoms with E-state index >= 15 is 0 Å². The molecule has 0 aliphatic rings. The first-order valence-electron chi connectivity index (χ1n) is 5.29. The summed E-state index contributed by atoms with van der Waals surface area (Å²) < 4.78 is 42.4. The van der Waals surface area contributed by atoms with E-state index in [0.717, 1.165) is 12.1 Å². The monoisotopic (exact) mass is 273 g/mol. The van der Waals surface area contributed by atoms with E-state index in [1.807, 2.05) is 0 Å². The number of aliphatic hydroxyl groups is 1. The average Bonchev–Trinajstić information content (AvgIpc) is 2.86. The third kappa shape index (κ3) is 2.91. The van der Waals surface area contributed by atoms with Crippen LogP contribution >= 0.6 is 0 Å². The Labute approximate surface area is 105 Å². The molecule has 0 aliphatic heterocycles. The summed E-state index contributed by atoms with van der Waals surface area (Å²) in [4.78, 5) is 3.84. The van der Waals surface area contributed by atoms with E-state index < -0.39 is 24.4 Å². The second-order valence-corrected chi connectivity index (χ2v) is 3.82. The smallest absolute Gasteiger partial charge is 0.394 e. The minimum atomic E-state index is -4.44. The summed E-state index contributed by atoms with van der Waals surface area (Å²) in [5, 5.41) is 12.4. The van der Waals surface area contributed by atoms with Gasteiger partial charge in [0, 0.05) is 5.56 Å². The third-order valence-electron chi connectivity index (χ3n) is 2.40. The van der Waals surface area contributed by atoms with Crippen LogP contribution in [0.1, 0.15) is 17.5 Å². The van der Waals surface area contributed by atoms with E-state index in [1.165, 1.54) is 12.1 Å². The molecule has 5 nitrogen and oxygen atoms in total. The van der Waals surface area contributed by atoms with Gasteiger partial charge in [0.2, 0.25) is 11.7 Å². The Balaban J connectivity index is 2.34. The van der Waals surface area contributed by atoms with Crippen LogP contribution in [0.5, 0.6) is 0 Å². The fourth-order valence-corrected chi connectivity index (χ4v) is 1.42. The minimum absolute atomic E-state index is 0.00926. The van der Waals surface area contributed by atoms with Crippen molar-refractivity contribution in [2.24, 2.45) is 5.73 Å². The Bertz CT molecular complexity index is 568. The number of benzene rings is 1. The predicted molar refractivity (Wildman–Crippen MR) is 58.8 cm³/mol. The number of hydrogen-bond donors (Lipinski definition) is 2. The van der Waals surface area contributed by atoms with Gasteiger partial charge in [-0.2, -0.15) is 18.2 Å². The van der Waals surface area contributed by atoms with Crippen LogP contribution in [0, 0.1) is 0 Å². The highest BCUT2D eigenvalue weighted by Gasteiger charge is 2.30. The fraction of sp³-hybridized carbons (Fsp3) is 0.273. The normalized spacial score (nSPS) is 13.5. The van der Waals surface area contributed by atoms with E-state index in [9.17, 15) is 13.2 Å². The summed E-state index contributed by atoms with van der Waals surface area (Å²) >= 11 is 0. The molecule has 19 heavy (non-hydrogen) atoms. The van der Waals surface area contributed by atoms with Crippen molar-refractivity contribution in [3.05, 3.63) is 35.7 Å². The van der Waals surface area contributed by atoms with E-state index in [2.05, 4.69) is 10.1 Å². The van der Waals surface area contributed by atoms with Crippen LogP contribution < -0.4 is 5.73 Å². The lowest BCUT2D eigenvalue weighted by Gasteiger charge is -2.06. The molecular weight excluding hydrogens is 263 g/mol. The summed E-state index contributed by atoms with van der Waals surface area (Å²) in [6.45, 7) is -0.399. The van der Waals surface area contributed by atoms with Crippen molar-refractivity contribution in [3.63, 3.8) is 0 Å². The molecule has 0 saturated carbocycles. The molecule has 3 N–H and O–H groups in total. The minimum Gasteiger partial charge on any atom is -0.394 e. The highest BCUT2D eigenvalue weighted by Crippen LogP contribution is 2.31. The molecule has 1 heterocycles. The van der Waals surface area contributed by atoms with Crippen molar-refractivity contribution in [2.75, 3.05) is 6.61 Å². The molecule has 2 rings (SSSR count). The average molecular weight is 273 g/mol. The standard InChI is InChI=1S/C11H10F3N3O2/c12-11(13,14)7-3-1-2-6(4-7)9-16-10(19-17-9)8(15)5-18/h1-4,8,18H,5,15H2. The summed E-state index contributed by atoms with van der Waals surface area (Å²) in [6.07, 6.45) is -4.44. The van der Waals surface area contributed by atoms with E-state index in [1.54, 1.807) is 0 Å². The number of alkyl halides is 3. The zero-order valence-corrected chi connectivity index (χ0v) is 9.55. The van der Waals surface area contributed by atoms with Gasteiger partial charge in [-0.05, 0) is 12.1 Å². The Kier molecular flexibility index (Phi) is 3.54. The molecule has 1 atom stereocenters. The first kappa shape index (κ1) is 13.5. The summed E-state index contributed by atoms with van der Waals surface area (Å²) in [5.41, 5.74) is 4.82. The van der Waals surface area contributed by atoms with Crippen molar-refractivity contribution < 1.29 is 22.8 Å². The van der Waals surface area contributed by atoms with Gasteiger partial charge in [0.25, 0.3) is 0 Å². The molecule has 0 radical (unpaired) electrons. The molecule has 0 aliphatic carbocycles. The van der Waals surface area contributed by atoms with Gasteiger partial charge in [-0.1, -0.05) is 17.3 Å². The summed E-state index contributed by atoms with van der Waals surface area (Å²) in [7, 11) is 0. The summed E-state index contributed by atoms with van der Waals surface area (Å²) in [6, 6.07) is 3.68. The molecule has 102 valence electrons. The molecule has 1 aromatic heterocycles. The number of nitrogens with two attached hydrogens (primary N) is 1. The van der Waals surface area contributed by atoms with E-state index in [0.29, 0.717) is 0 Å². The second-order valence-electron chi connectivity index (χ2n) is 3.82. The number of aliphatic hydroxyl groups excluding tert-OH is 1. The largest absolute Gasteiger partial charge is 0.416 e. The topological polar surface area (TPSA) is 85.2 Å². The lowest BCUT2D eigenvalue weighted by Crippen LogP contribution is -2.14. The highest BCUT2D eigenvalue weighted by atomic mass is 19.4. The van der Waals surface area contributed by atoms with Gasteiger partial charge < -0.3 is 15.4 Å². The van der Waals surface area contributed by atoms with Gasteiger partial charge in [-0.3, -0.25) is 0 Å². The predicted octanol–water partition coefficient (Wildman–Crippen LogP) is 1.75. The molecule has 2 aromatic rings. The maximum atomic E-state index is 12.6. The molecule has 0 saturated heterocycles. The second kappa shape index (κ2) is 4.98. The molecule has 0 amide bonds. The zero-order chi connectivity index (χ0) is 14.0. The van der Waals surface area contributed by atoms with Crippen molar-refractivity contribution in [2.45, 2.75) is 12.2 Å². The molecule has 0 spiro atoms. The molecule has 0 bridgehead atoms. The zero-order valence-electron chi connectivity index (χ0n) is 9.55. The fourth-order valence-electron chi connectivity index (χ4n) is 1.42. The van der Waals surface area contributed by atoms with Gasteiger partial charge in [0.1, 0.15) is 6.04 Å². The summed E-state index contributed by atoms with van der Waals surface area (Å²) in [5.74, 6) is -0.0417. The lowest BCUT2D eigenvalue weighted by molar-refractivity contribution is -0.137. The van der Waals surface area contributed by atoms with Crippen LogP contribution in [0.3, 0.4) is 0 Å². The number of hydrogen-bond acceptors (Lipinski definition) is 5. The van der Waals surface area contributed by atoms with Gasteiger partial charge in [-0.15, -0.1) is 0 Å². The first-order chi connectivity index (χ1) is 8.91. The maximum absolute atomic E-state index is 12.6. The Morgan fingerprint density at radius 2 is 2.11 bits per heavy atom. The van der Waals surface area contributed by atoms with E-state index in [-0.39, 0.29) is 17.3 Å². The van der Waals surface area contributed by atoms with Gasteiger partial charge in [0.15, 0.2) is 0 Å². The molecule has 8 heteroatoms. The number of halogens is 3. The van der Waals surface area contributed by atoms with Gasteiger partial charge >= 0.3 is 6.18 Å². The van der Waals surface area contributed by atoms with Crippen LogP contribution in [0.15, 0.2) is 28.8 Å². The number of rotatable bonds is 3. The maximum Gasteiger partial charge on any atom is 0.416 e. The van der Waals surface area contributed by atoms with Gasteiger partial charge in [-0.25, -0.2) is 0 Å². The molecule has 1 aromatic carbocycles. The Morgan fingerprint density at radius 1 is 1.37 bits per heavy atom. The van der Waals surface area contributed by atoms with Crippen LogP contribution in [0.4, 0.5) is 13.2 Å². The van der Waals surface area contributed by atoms with Gasteiger partial charge in [0.05, 0.1) is 12.2 Å². The highest BCUT2D eigenvalue weighted by molar-refractivity contribution is 5.55. The molecule has 0 fully saturated rings. The number of nitrogens with zero attached hydrogens (tertiary/aromatic N) is 2. The molecule has 1 unspecified atom stereocenters. The number of aromatic nitrogens is 2. The van der Waals surface area contributed by atoms with E-state index in [4.69, 9.17) is 15.4 Å². The Hall–Kier alpha value is -1.93.